The second-order valence-corrected chi connectivity index (χ2v) is 5.66. The van der Waals surface area contributed by atoms with E-state index in [1.54, 1.807) is 51.5 Å². The largest absolute Gasteiger partial charge is 0.493 e. The summed E-state index contributed by atoms with van der Waals surface area (Å²) in [7, 11) is 3.11. The molecule has 2 rings (SSSR count). The molecule has 1 amide bonds. The molecule has 0 aromatic heterocycles. The number of carbonyl (C=O) groups excluding carboxylic acids is 2. The maximum absolute atomic E-state index is 12.3. The summed E-state index contributed by atoms with van der Waals surface area (Å²) in [6.07, 6.45) is 0.194. The number of carbonyl (C=O) groups is 2. The van der Waals surface area contributed by atoms with Crippen molar-refractivity contribution in [3.63, 3.8) is 0 Å². The summed E-state index contributed by atoms with van der Waals surface area (Å²) in [4.78, 5) is 24.1. The fraction of sp³-hybridized carbons (Fsp3) is 0.300. The first-order valence-electron chi connectivity index (χ1n) is 8.27. The predicted octanol–water partition coefficient (Wildman–Crippen LogP) is 3.37. The smallest absolute Gasteiger partial charge is 0.338 e. The Kier molecular flexibility index (Phi) is 6.60. The van der Waals surface area contributed by atoms with Gasteiger partial charge in [-0.2, -0.15) is 0 Å². The van der Waals surface area contributed by atoms with Crippen molar-refractivity contribution in [2.75, 3.05) is 26.1 Å². The van der Waals surface area contributed by atoms with E-state index in [9.17, 15) is 9.59 Å². The Morgan fingerprint density at radius 2 is 1.73 bits per heavy atom. The summed E-state index contributed by atoms with van der Waals surface area (Å²) in [5, 5.41) is 2.86. The molecular weight excluding hydrogens is 334 g/mol. The van der Waals surface area contributed by atoms with E-state index in [-0.39, 0.29) is 18.3 Å². The molecule has 0 heterocycles. The van der Waals surface area contributed by atoms with Crippen molar-refractivity contribution >= 4 is 17.6 Å². The zero-order valence-electron chi connectivity index (χ0n) is 15.4. The van der Waals surface area contributed by atoms with E-state index in [2.05, 4.69) is 5.32 Å². The van der Waals surface area contributed by atoms with E-state index in [4.69, 9.17) is 14.2 Å². The molecule has 0 fully saturated rings. The molecule has 26 heavy (non-hydrogen) atoms. The van der Waals surface area contributed by atoms with Crippen LogP contribution >= 0.6 is 0 Å². The van der Waals surface area contributed by atoms with Crippen LogP contribution in [0.25, 0.3) is 0 Å². The van der Waals surface area contributed by atoms with Crippen molar-refractivity contribution in [3.05, 3.63) is 53.1 Å². The topological polar surface area (TPSA) is 73.9 Å². The number of rotatable bonds is 7. The normalized spacial score (nSPS) is 10.2. The van der Waals surface area contributed by atoms with Gasteiger partial charge in [-0.3, -0.25) is 4.79 Å². The fourth-order valence-corrected chi connectivity index (χ4v) is 2.52. The van der Waals surface area contributed by atoms with Crippen LogP contribution in [0.2, 0.25) is 0 Å². The molecule has 0 saturated carbocycles. The van der Waals surface area contributed by atoms with Crippen LogP contribution in [0.15, 0.2) is 36.4 Å². The van der Waals surface area contributed by atoms with Crippen molar-refractivity contribution in [3.8, 4) is 11.5 Å². The number of benzene rings is 2. The second kappa shape index (κ2) is 8.89. The van der Waals surface area contributed by atoms with Crippen LogP contribution in [0.5, 0.6) is 11.5 Å². The minimum absolute atomic E-state index is 0.163. The van der Waals surface area contributed by atoms with Gasteiger partial charge in [-0.15, -0.1) is 0 Å². The molecule has 6 nitrogen and oxygen atoms in total. The zero-order chi connectivity index (χ0) is 19.1. The number of nitrogens with one attached hydrogen (secondary N) is 1. The molecule has 0 unspecified atom stereocenters. The molecule has 1 N–H and O–H groups in total. The van der Waals surface area contributed by atoms with Crippen molar-refractivity contribution < 1.29 is 23.8 Å². The Morgan fingerprint density at radius 1 is 1.00 bits per heavy atom. The zero-order valence-corrected chi connectivity index (χ0v) is 15.4. The molecule has 0 bridgehead atoms. The second-order valence-electron chi connectivity index (χ2n) is 5.66. The van der Waals surface area contributed by atoms with Crippen LogP contribution in [-0.4, -0.2) is 32.7 Å². The summed E-state index contributed by atoms with van der Waals surface area (Å²) in [6.45, 7) is 3.91. The van der Waals surface area contributed by atoms with Gasteiger partial charge in [0.1, 0.15) is 0 Å². The van der Waals surface area contributed by atoms with Gasteiger partial charge in [0.05, 0.1) is 32.8 Å². The maximum atomic E-state index is 12.3. The van der Waals surface area contributed by atoms with Gasteiger partial charge in [0.15, 0.2) is 11.5 Å². The lowest BCUT2D eigenvalue weighted by Crippen LogP contribution is -2.15. The Hall–Kier alpha value is -3.02. The number of aryl methyl sites for hydroxylation is 1. The summed E-state index contributed by atoms with van der Waals surface area (Å²) in [5.41, 5.74) is 2.71. The monoisotopic (exact) mass is 357 g/mol. The Labute approximate surface area is 153 Å². The molecule has 6 heteroatoms. The SMILES string of the molecule is CCOC(=O)c1ccc(NC(=O)Cc2ccc(OC)c(OC)c2)c(C)c1. The van der Waals surface area contributed by atoms with E-state index in [1.165, 1.54) is 0 Å². The van der Waals surface area contributed by atoms with Gasteiger partial charge < -0.3 is 19.5 Å². The molecule has 2 aromatic carbocycles. The van der Waals surface area contributed by atoms with E-state index >= 15 is 0 Å². The molecule has 2 aromatic rings. The lowest BCUT2D eigenvalue weighted by molar-refractivity contribution is -0.115. The lowest BCUT2D eigenvalue weighted by atomic mass is 10.1. The molecule has 0 radical (unpaired) electrons. The Bertz CT molecular complexity index is 801. The average Bonchev–Trinajstić information content (AvgIpc) is 2.63. The maximum Gasteiger partial charge on any atom is 0.338 e. The number of esters is 1. The first kappa shape index (κ1) is 19.3. The third-order valence-electron chi connectivity index (χ3n) is 3.82. The average molecular weight is 357 g/mol. The lowest BCUT2D eigenvalue weighted by Gasteiger charge is -2.12. The Morgan fingerprint density at radius 3 is 2.35 bits per heavy atom. The minimum atomic E-state index is -0.376. The van der Waals surface area contributed by atoms with Gasteiger partial charge in [0, 0.05) is 5.69 Å². The van der Waals surface area contributed by atoms with E-state index < -0.39 is 0 Å². The molecule has 0 atom stereocenters. The number of hydrogen-bond acceptors (Lipinski definition) is 5. The third kappa shape index (κ3) is 4.75. The highest BCUT2D eigenvalue weighted by Crippen LogP contribution is 2.28. The van der Waals surface area contributed by atoms with Crippen LogP contribution in [-0.2, 0) is 16.0 Å². The first-order valence-corrected chi connectivity index (χ1v) is 8.27. The van der Waals surface area contributed by atoms with Crippen LogP contribution in [0.1, 0.15) is 28.4 Å². The number of methoxy groups -OCH3 is 2. The van der Waals surface area contributed by atoms with Crippen LogP contribution < -0.4 is 14.8 Å². The molecule has 0 aliphatic heterocycles. The number of ether oxygens (including phenoxy) is 3. The van der Waals surface area contributed by atoms with E-state index in [0.29, 0.717) is 29.4 Å². The third-order valence-corrected chi connectivity index (χ3v) is 3.82. The fourth-order valence-electron chi connectivity index (χ4n) is 2.52. The van der Waals surface area contributed by atoms with Gasteiger partial charge in [-0.25, -0.2) is 4.79 Å². The van der Waals surface area contributed by atoms with Gasteiger partial charge >= 0.3 is 5.97 Å². The summed E-state index contributed by atoms with van der Waals surface area (Å²) >= 11 is 0. The summed E-state index contributed by atoms with van der Waals surface area (Å²) < 4.78 is 15.4. The summed E-state index contributed by atoms with van der Waals surface area (Å²) in [6, 6.07) is 10.4. The molecule has 0 aliphatic rings. The molecule has 0 saturated heterocycles. The van der Waals surface area contributed by atoms with E-state index in [1.807, 2.05) is 13.0 Å². The molecule has 0 aliphatic carbocycles. The molecule has 138 valence electrons. The van der Waals surface area contributed by atoms with Gasteiger partial charge in [0.2, 0.25) is 5.91 Å². The molecular formula is C20H23NO5. The van der Waals surface area contributed by atoms with Crippen LogP contribution in [0, 0.1) is 6.92 Å². The predicted molar refractivity (Wildman–Crippen MR) is 99.0 cm³/mol. The highest BCUT2D eigenvalue weighted by atomic mass is 16.5. The van der Waals surface area contributed by atoms with Gasteiger partial charge in [-0.1, -0.05) is 6.07 Å². The van der Waals surface area contributed by atoms with Crippen LogP contribution in [0.3, 0.4) is 0 Å². The van der Waals surface area contributed by atoms with Gasteiger partial charge in [-0.05, 0) is 55.3 Å². The van der Waals surface area contributed by atoms with Crippen molar-refractivity contribution in [2.45, 2.75) is 20.3 Å². The highest BCUT2D eigenvalue weighted by molar-refractivity contribution is 5.95. The molecule has 0 spiro atoms. The number of anilines is 1. The quantitative estimate of drug-likeness (QED) is 0.769. The standard InChI is InChI=1S/C20H23NO5/c1-5-26-20(23)15-7-8-16(13(2)10-15)21-19(22)12-14-6-9-17(24-3)18(11-14)25-4/h6-11H,5,12H2,1-4H3,(H,21,22). The van der Waals surface area contributed by atoms with Crippen molar-refractivity contribution in [1.29, 1.82) is 0 Å². The first-order chi connectivity index (χ1) is 12.5. The van der Waals surface area contributed by atoms with Crippen molar-refractivity contribution in [2.24, 2.45) is 0 Å². The van der Waals surface area contributed by atoms with Crippen LogP contribution in [0.4, 0.5) is 5.69 Å². The Balaban J connectivity index is 2.07. The van der Waals surface area contributed by atoms with Gasteiger partial charge in [0.25, 0.3) is 0 Å². The highest BCUT2D eigenvalue weighted by Gasteiger charge is 2.12. The summed E-state index contributed by atoms with van der Waals surface area (Å²) in [5.74, 6) is 0.651. The number of amides is 1. The van der Waals surface area contributed by atoms with E-state index in [0.717, 1.165) is 11.1 Å². The number of hydrogen-bond donors (Lipinski definition) is 1. The van der Waals surface area contributed by atoms with Crippen molar-refractivity contribution in [1.82, 2.24) is 0 Å². The minimum Gasteiger partial charge on any atom is -0.493 e.